The number of carbonyl (C=O) groups is 1. The molecule has 1 aromatic rings. The van der Waals surface area contributed by atoms with E-state index in [1.54, 1.807) is 18.2 Å². The summed E-state index contributed by atoms with van der Waals surface area (Å²) in [6, 6.07) is 5.04. The van der Waals surface area contributed by atoms with Gasteiger partial charge in [0.2, 0.25) is 0 Å². The van der Waals surface area contributed by atoms with Gasteiger partial charge in [-0.2, -0.15) is 0 Å². The van der Waals surface area contributed by atoms with Gasteiger partial charge in [-0.1, -0.05) is 18.5 Å². The summed E-state index contributed by atoms with van der Waals surface area (Å²) in [5.74, 6) is 0.296. The third kappa shape index (κ3) is 4.55. The van der Waals surface area contributed by atoms with Crippen molar-refractivity contribution >= 4 is 17.5 Å². The second-order valence-electron chi connectivity index (χ2n) is 4.08. The van der Waals surface area contributed by atoms with Crippen molar-refractivity contribution in [3.05, 3.63) is 28.8 Å². The molecular weight excluding hydrogens is 254 g/mol. The van der Waals surface area contributed by atoms with Crippen molar-refractivity contribution in [2.75, 3.05) is 6.61 Å². The van der Waals surface area contributed by atoms with Crippen LogP contribution in [0.5, 0.6) is 5.75 Å². The Morgan fingerprint density at radius 3 is 2.89 bits per heavy atom. The van der Waals surface area contributed by atoms with Crippen molar-refractivity contribution < 1.29 is 14.6 Å². The fourth-order valence-corrected chi connectivity index (χ4v) is 1.57. The molecule has 0 aliphatic rings. The van der Waals surface area contributed by atoms with Crippen molar-refractivity contribution in [2.45, 2.75) is 32.9 Å². The number of amides is 1. The number of nitrogens with one attached hydrogen (secondary N) is 1. The number of rotatable bonds is 6. The lowest BCUT2D eigenvalue weighted by molar-refractivity contribution is -0.123. The second kappa shape index (κ2) is 7.24. The Kier molecular flexibility index (Phi) is 5.95. The summed E-state index contributed by atoms with van der Waals surface area (Å²) >= 11 is 5.80. The molecule has 0 heterocycles. The van der Waals surface area contributed by atoms with E-state index in [2.05, 4.69) is 5.32 Å². The predicted molar refractivity (Wildman–Crippen MR) is 70.8 cm³/mol. The van der Waals surface area contributed by atoms with Gasteiger partial charge in [0.15, 0.2) is 6.61 Å². The van der Waals surface area contributed by atoms with Crippen LogP contribution < -0.4 is 10.1 Å². The number of ether oxygens (including phenoxy) is 1. The Morgan fingerprint density at radius 1 is 1.56 bits per heavy atom. The van der Waals surface area contributed by atoms with Crippen LogP contribution in [0.1, 0.15) is 25.8 Å². The number of hydrogen-bond acceptors (Lipinski definition) is 3. The van der Waals surface area contributed by atoms with Gasteiger partial charge in [0.05, 0.1) is 6.61 Å². The molecule has 1 atom stereocenters. The number of benzene rings is 1. The quantitative estimate of drug-likeness (QED) is 0.833. The SMILES string of the molecule is CCC(C)NC(=O)COc1ccc(Cl)cc1CO. The Hall–Kier alpha value is -1.26. The first-order valence-corrected chi connectivity index (χ1v) is 6.26. The maximum absolute atomic E-state index is 11.5. The molecule has 18 heavy (non-hydrogen) atoms. The molecule has 0 fully saturated rings. The highest BCUT2D eigenvalue weighted by atomic mass is 35.5. The van der Waals surface area contributed by atoms with Gasteiger partial charge in [0, 0.05) is 16.6 Å². The largest absolute Gasteiger partial charge is 0.483 e. The number of carbonyl (C=O) groups excluding carboxylic acids is 1. The van der Waals surface area contributed by atoms with E-state index in [1.807, 2.05) is 13.8 Å². The average Bonchev–Trinajstić information content (AvgIpc) is 2.36. The van der Waals surface area contributed by atoms with Gasteiger partial charge in [-0.15, -0.1) is 0 Å². The van der Waals surface area contributed by atoms with Crippen molar-refractivity contribution in [1.29, 1.82) is 0 Å². The first-order valence-electron chi connectivity index (χ1n) is 5.88. The van der Waals surface area contributed by atoms with Gasteiger partial charge in [-0.3, -0.25) is 4.79 Å². The third-order valence-electron chi connectivity index (χ3n) is 2.57. The minimum Gasteiger partial charge on any atom is -0.483 e. The Bertz CT molecular complexity index is 409. The molecule has 2 N–H and O–H groups in total. The minimum atomic E-state index is -0.178. The molecule has 1 rings (SSSR count). The van der Waals surface area contributed by atoms with Crippen LogP contribution >= 0.6 is 11.6 Å². The van der Waals surface area contributed by atoms with Crippen molar-refractivity contribution in [1.82, 2.24) is 5.32 Å². The average molecular weight is 272 g/mol. The summed E-state index contributed by atoms with van der Waals surface area (Å²) in [5, 5.41) is 12.5. The molecule has 4 nitrogen and oxygen atoms in total. The Balaban J connectivity index is 2.55. The van der Waals surface area contributed by atoms with Gasteiger partial charge >= 0.3 is 0 Å². The van der Waals surface area contributed by atoms with E-state index in [-0.39, 0.29) is 25.2 Å². The van der Waals surface area contributed by atoms with E-state index < -0.39 is 0 Å². The zero-order valence-electron chi connectivity index (χ0n) is 10.6. The maximum Gasteiger partial charge on any atom is 0.258 e. The Labute approximate surface area is 112 Å². The molecule has 0 saturated heterocycles. The van der Waals surface area contributed by atoms with Crippen LogP contribution in [0.2, 0.25) is 5.02 Å². The van der Waals surface area contributed by atoms with E-state index in [1.165, 1.54) is 0 Å². The molecule has 1 aromatic carbocycles. The summed E-state index contributed by atoms with van der Waals surface area (Å²) in [6.45, 7) is 3.68. The van der Waals surface area contributed by atoms with Crippen LogP contribution in [0.15, 0.2) is 18.2 Å². The van der Waals surface area contributed by atoms with Crippen LogP contribution in [0.3, 0.4) is 0 Å². The molecular formula is C13H18ClNO3. The second-order valence-corrected chi connectivity index (χ2v) is 4.51. The summed E-state index contributed by atoms with van der Waals surface area (Å²) in [4.78, 5) is 11.5. The van der Waals surface area contributed by atoms with E-state index in [0.717, 1.165) is 6.42 Å². The van der Waals surface area contributed by atoms with Crippen LogP contribution in [0, 0.1) is 0 Å². The summed E-state index contributed by atoms with van der Waals surface area (Å²) in [6.07, 6.45) is 0.870. The normalized spacial score (nSPS) is 12.0. The molecule has 1 unspecified atom stereocenters. The summed E-state index contributed by atoms with van der Waals surface area (Å²) < 4.78 is 5.36. The smallest absolute Gasteiger partial charge is 0.258 e. The molecule has 0 aromatic heterocycles. The number of halogens is 1. The molecule has 0 aliphatic carbocycles. The molecule has 0 spiro atoms. The molecule has 1 amide bonds. The highest BCUT2D eigenvalue weighted by molar-refractivity contribution is 6.30. The highest BCUT2D eigenvalue weighted by Gasteiger charge is 2.08. The number of aliphatic hydroxyl groups excluding tert-OH is 1. The predicted octanol–water partition coefficient (Wildman–Crippen LogP) is 2.13. The highest BCUT2D eigenvalue weighted by Crippen LogP contribution is 2.22. The topological polar surface area (TPSA) is 58.6 Å². The van der Waals surface area contributed by atoms with Gasteiger partial charge in [0.1, 0.15) is 5.75 Å². The van der Waals surface area contributed by atoms with E-state index in [0.29, 0.717) is 16.3 Å². The van der Waals surface area contributed by atoms with Crippen molar-refractivity contribution in [3.8, 4) is 5.75 Å². The summed E-state index contributed by atoms with van der Waals surface area (Å²) in [5.41, 5.74) is 0.568. The molecule has 5 heteroatoms. The van der Waals surface area contributed by atoms with Crippen LogP contribution in [-0.4, -0.2) is 23.7 Å². The molecule has 0 bridgehead atoms. The van der Waals surface area contributed by atoms with Gasteiger partial charge in [-0.25, -0.2) is 0 Å². The van der Waals surface area contributed by atoms with Crippen molar-refractivity contribution in [3.63, 3.8) is 0 Å². The van der Waals surface area contributed by atoms with Crippen LogP contribution in [0.4, 0.5) is 0 Å². The monoisotopic (exact) mass is 271 g/mol. The molecule has 100 valence electrons. The van der Waals surface area contributed by atoms with Crippen LogP contribution in [-0.2, 0) is 11.4 Å². The lowest BCUT2D eigenvalue weighted by atomic mass is 10.2. The van der Waals surface area contributed by atoms with E-state index in [4.69, 9.17) is 21.4 Å². The minimum absolute atomic E-state index is 0.0705. The Morgan fingerprint density at radius 2 is 2.28 bits per heavy atom. The zero-order valence-corrected chi connectivity index (χ0v) is 11.3. The third-order valence-corrected chi connectivity index (χ3v) is 2.81. The van der Waals surface area contributed by atoms with E-state index >= 15 is 0 Å². The zero-order chi connectivity index (χ0) is 13.5. The van der Waals surface area contributed by atoms with Gasteiger partial charge < -0.3 is 15.2 Å². The summed E-state index contributed by atoms with van der Waals surface area (Å²) in [7, 11) is 0. The first-order chi connectivity index (χ1) is 8.56. The maximum atomic E-state index is 11.5. The standard InChI is InChI=1S/C13H18ClNO3/c1-3-9(2)15-13(17)8-18-12-5-4-11(14)6-10(12)7-16/h4-6,9,16H,3,7-8H2,1-2H3,(H,15,17). The fourth-order valence-electron chi connectivity index (χ4n) is 1.37. The molecule has 0 saturated carbocycles. The number of aliphatic hydroxyl groups is 1. The van der Waals surface area contributed by atoms with Crippen LogP contribution in [0.25, 0.3) is 0 Å². The molecule has 0 aliphatic heterocycles. The van der Waals surface area contributed by atoms with Gasteiger partial charge in [0.25, 0.3) is 5.91 Å². The lowest BCUT2D eigenvalue weighted by Gasteiger charge is -2.13. The van der Waals surface area contributed by atoms with Gasteiger partial charge in [-0.05, 0) is 31.5 Å². The lowest BCUT2D eigenvalue weighted by Crippen LogP contribution is -2.35. The van der Waals surface area contributed by atoms with E-state index in [9.17, 15) is 4.79 Å². The fraction of sp³-hybridized carbons (Fsp3) is 0.462. The molecule has 0 radical (unpaired) electrons. The first kappa shape index (κ1) is 14.8. The number of hydrogen-bond donors (Lipinski definition) is 2. The van der Waals surface area contributed by atoms with Crippen molar-refractivity contribution in [2.24, 2.45) is 0 Å².